The average molecular weight is 193 g/mol. The van der Waals surface area contributed by atoms with Crippen molar-refractivity contribution in [3.8, 4) is 6.07 Å². The molecule has 0 saturated carbocycles. The Morgan fingerprint density at radius 3 is 3.14 bits per heavy atom. The Hall–Kier alpha value is -0.850. The molecule has 3 heteroatoms. The quantitative estimate of drug-likeness (QED) is 0.494. The largest absolute Gasteiger partial charge is 0.298 e. The maximum Gasteiger partial charge on any atom is 0.0866 e. The lowest BCUT2D eigenvalue weighted by atomic mass is 10.0. The van der Waals surface area contributed by atoms with Crippen LogP contribution in [0.1, 0.15) is 12.8 Å². The summed E-state index contributed by atoms with van der Waals surface area (Å²) in [5.74, 6) is 0. The minimum absolute atomic E-state index is 0.534. The zero-order chi connectivity index (χ0) is 10.4. The van der Waals surface area contributed by atoms with Gasteiger partial charge in [0.05, 0.1) is 12.6 Å². The first-order valence-corrected chi connectivity index (χ1v) is 5.18. The van der Waals surface area contributed by atoms with E-state index in [4.69, 9.17) is 5.26 Å². The van der Waals surface area contributed by atoms with Crippen LogP contribution in [-0.2, 0) is 0 Å². The second-order valence-electron chi connectivity index (χ2n) is 3.92. The third-order valence-electron chi connectivity index (χ3n) is 2.81. The molecule has 1 saturated heterocycles. The molecule has 3 nitrogen and oxygen atoms in total. The Labute approximate surface area is 86.6 Å². The summed E-state index contributed by atoms with van der Waals surface area (Å²) in [6.45, 7) is 7.50. The number of rotatable bonds is 4. The second kappa shape index (κ2) is 5.79. The standard InChI is InChI=1S/C11H19N3/c1-3-7-14-8-4-5-11(10-14)13(2)9-6-12/h3,11H,1,4-5,7-10H2,2H3. The number of likely N-dealkylation sites (tertiary alicyclic amines) is 1. The molecule has 0 amide bonds. The molecule has 0 aromatic heterocycles. The number of piperidine rings is 1. The lowest BCUT2D eigenvalue weighted by Crippen LogP contribution is -2.46. The maximum atomic E-state index is 8.62. The lowest BCUT2D eigenvalue weighted by molar-refractivity contribution is 0.135. The van der Waals surface area contributed by atoms with Crippen molar-refractivity contribution in [2.75, 3.05) is 33.2 Å². The van der Waals surface area contributed by atoms with Crippen LogP contribution in [0.2, 0.25) is 0 Å². The zero-order valence-corrected chi connectivity index (χ0v) is 8.95. The van der Waals surface area contributed by atoms with Gasteiger partial charge in [-0.25, -0.2) is 0 Å². The van der Waals surface area contributed by atoms with Crippen molar-refractivity contribution < 1.29 is 0 Å². The first kappa shape index (κ1) is 11.2. The molecule has 14 heavy (non-hydrogen) atoms. The van der Waals surface area contributed by atoms with E-state index >= 15 is 0 Å². The molecule has 0 spiro atoms. The average Bonchev–Trinajstić information content (AvgIpc) is 2.19. The van der Waals surface area contributed by atoms with Crippen LogP contribution in [0.5, 0.6) is 0 Å². The Kier molecular flexibility index (Phi) is 4.64. The highest BCUT2D eigenvalue weighted by molar-refractivity contribution is 4.86. The zero-order valence-electron chi connectivity index (χ0n) is 8.95. The summed E-state index contributed by atoms with van der Waals surface area (Å²) in [4.78, 5) is 4.55. The molecule has 1 unspecified atom stereocenters. The van der Waals surface area contributed by atoms with Crippen LogP contribution in [0.15, 0.2) is 12.7 Å². The van der Waals surface area contributed by atoms with Gasteiger partial charge in [0.1, 0.15) is 0 Å². The van der Waals surface area contributed by atoms with Crippen molar-refractivity contribution in [2.24, 2.45) is 0 Å². The summed E-state index contributed by atoms with van der Waals surface area (Å²) >= 11 is 0. The molecule has 1 fully saturated rings. The number of hydrogen-bond donors (Lipinski definition) is 0. The van der Waals surface area contributed by atoms with E-state index < -0.39 is 0 Å². The SMILES string of the molecule is C=CCN1CCCC(N(C)CC#N)C1. The molecule has 0 N–H and O–H groups in total. The van der Waals surface area contributed by atoms with E-state index in [1.54, 1.807) is 0 Å². The van der Waals surface area contributed by atoms with Gasteiger partial charge in [-0.05, 0) is 26.4 Å². The summed E-state index contributed by atoms with van der Waals surface area (Å²) in [6, 6.07) is 2.74. The highest BCUT2D eigenvalue weighted by atomic mass is 15.2. The number of nitrogens with zero attached hydrogens (tertiary/aromatic N) is 3. The van der Waals surface area contributed by atoms with Crippen LogP contribution in [0.4, 0.5) is 0 Å². The number of nitriles is 1. The van der Waals surface area contributed by atoms with Crippen molar-refractivity contribution in [2.45, 2.75) is 18.9 Å². The van der Waals surface area contributed by atoms with Gasteiger partial charge in [-0.15, -0.1) is 6.58 Å². The van der Waals surface area contributed by atoms with Crippen LogP contribution in [0.25, 0.3) is 0 Å². The number of likely N-dealkylation sites (N-methyl/N-ethyl adjacent to an activating group) is 1. The Balaban J connectivity index is 2.39. The Bertz CT molecular complexity index is 219. The lowest BCUT2D eigenvalue weighted by Gasteiger charge is -2.36. The van der Waals surface area contributed by atoms with Crippen LogP contribution < -0.4 is 0 Å². The van der Waals surface area contributed by atoms with Gasteiger partial charge in [0.15, 0.2) is 0 Å². The predicted molar refractivity (Wildman–Crippen MR) is 57.9 cm³/mol. The molecular weight excluding hydrogens is 174 g/mol. The van der Waals surface area contributed by atoms with E-state index in [0.717, 1.165) is 13.1 Å². The Morgan fingerprint density at radius 2 is 2.50 bits per heavy atom. The smallest absolute Gasteiger partial charge is 0.0866 e. The van der Waals surface area contributed by atoms with Gasteiger partial charge in [-0.3, -0.25) is 9.80 Å². The van der Waals surface area contributed by atoms with Gasteiger partial charge in [-0.2, -0.15) is 5.26 Å². The predicted octanol–water partition coefficient (Wildman–Crippen LogP) is 1.09. The molecule has 0 bridgehead atoms. The molecular formula is C11H19N3. The maximum absolute atomic E-state index is 8.62. The molecule has 0 aromatic rings. The molecule has 0 aliphatic carbocycles. The van der Waals surface area contributed by atoms with Crippen LogP contribution >= 0.6 is 0 Å². The van der Waals surface area contributed by atoms with Gasteiger partial charge in [0.25, 0.3) is 0 Å². The van der Waals surface area contributed by atoms with E-state index in [2.05, 4.69) is 22.4 Å². The first-order chi connectivity index (χ1) is 6.77. The number of hydrogen-bond acceptors (Lipinski definition) is 3. The third-order valence-corrected chi connectivity index (χ3v) is 2.81. The van der Waals surface area contributed by atoms with E-state index in [0.29, 0.717) is 12.6 Å². The van der Waals surface area contributed by atoms with Crippen molar-refractivity contribution >= 4 is 0 Å². The summed E-state index contributed by atoms with van der Waals surface area (Å²) in [7, 11) is 2.03. The molecule has 1 rings (SSSR count). The molecule has 1 aliphatic rings. The topological polar surface area (TPSA) is 30.3 Å². The molecule has 1 atom stereocenters. The van der Waals surface area contributed by atoms with Crippen molar-refractivity contribution in [1.29, 1.82) is 5.26 Å². The van der Waals surface area contributed by atoms with Gasteiger partial charge < -0.3 is 0 Å². The molecule has 0 radical (unpaired) electrons. The first-order valence-electron chi connectivity index (χ1n) is 5.18. The van der Waals surface area contributed by atoms with Crippen molar-refractivity contribution in [1.82, 2.24) is 9.80 Å². The van der Waals surface area contributed by atoms with Crippen LogP contribution in [0.3, 0.4) is 0 Å². The van der Waals surface area contributed by atoms with E-state index in [-0.39, 0.29) is 0 Å². The van der Waals surface area contributed by atoms with Gasteiger partial charge in [0, 0.05) is 19.1 Å². The Morgan fingerprint density at radius 1 is 1.71 bits per heavy atom. The molecule has 78 valence electrons. The second-order valence-corrected chi connectivity index (χ2v) is 3.92. The van der Waals surface area contributed by atoms with Gasteiger partial charge in [0.2, 0.25) is 0 Å². The summed E-state index contributed by atoms with van der Waals surface area (Å²) in [5.41, 5.74) is 0. The minimum atomic E-state index is 0.534. The highest BCUT2D eigenvalue weighted by Crippen LogP contribution is 2.14. The van der Waals surface area contributed by atoms with Crippen LogP contribution in [0, 0.1) is 11.3 Å². The fourth-order valence-corrected chi connectivity index (χ4v) is 1.98. The van der Waals surface area contributed by atoms with Gasteiger partial charge >= 0.3 is 0 Å². The van der Waals surface area contributed by atoms with Crippen molar-refractivity contribution in [3.05, 3.63) is 12.7 Å². The molecule has 0 aromatic carbocycles. The third kappa shape index (κ3) is 3.13. The van der Waals surface area contributed by atoms with E-state index in [1.165, 1.54) is 19.4 Å². The minimum Gasteiger partial charge on any atom is -0.298 e. The van der Waals surface area contributed by atoms with E-state index in [1.807, 2.05) is 13.1 Å². The summed E-state index contributed by atoms with van der Waals surface area (Å²) in [5, 5.41) is 8.62. The highest BCUT2D eigenvalue weighted by Gasteiger charge is 2.21. The van der Waals surface area contributed by atoms with Crippen LogP contribution in [-0.4, -0.2) is 49.1 Å². The summed E-state index contributed by atoms with van der Waals surface area (Å²) < 4.78 is 0. The summed E-state index contributed by atoms with van der Waals surface area (Å²) in [6.07, 6.45) is 4.40. The van der Waals surface area contributed by atoms with Gasteiger partial charge in [-0.1, -0.05) is 6.08 Å². The fraction of sp³-hybridized carbons (Fsp3) is 0.727. The monoisotopic (exact) mass is 193 g/mol. The fourth-order valence-electron chi connectivity index (χ4n) is 1.98. The normalized spacial score (nSPS) is 23.4. The van der Waals surface area contributed by atoms with E-state index in [9.17, 15) is 0 Å². The van der Waals surface area contributed by atoms with Crippen molar-refractivity contribution in [3.63, 3.8) is 0 Å². The molecule has 1 aliphatic heterocycles. The molecule has 1 heterocycles.